The maximum absolute atomic E-state index is 12.2. The number of aromatic amines is 1. The number of fused-ring (bicyclic) bond motifs is 1. The average molecular weight is 278 g/mol. The highest BCUT2D eigenvalue weighted by Gasteiger charge is 2.28. The van der Waals surface area contributed by atoms with Crippen LogP contribution >= 0.6 is 0 Å². The van der Waals surface area contributed by atoms with Gasteiger partial charge in [0.2, 0.25) is 0 Å². The molecule has 3 aromatic rings. The number of H-pyrrole nitrogens is 1. The summed E-state index contributed by atoms with van der Waals surface area (Å²) in [4.78, 5) is 27.4. The maximum atomic E-state index is 12.2. The molecule has 102 valence electrons. The first-order valence-electron chi connectivity index (χ1n) is 6.43. The molecule has 1 aliphatic rings. The SMILES string of the molecule is O=C1CC(c2ccccc2)=NN1c1ncnc2nc[nH]c12. The number of hydrogen-bond acceptors (Lipinski definition) is 5. The lowest BCUT2D eigenvalue weighted by Crippen LogP contribution is -2.21. The number of benzene rings is 1. The summed E-state index contributed by atoms with van der Waals surface area (Å²) in [7, 11) is 0. The maximum Gasteiger partial charge on any atom is 0.255 e. The van der Waals surface area contributed by atoms with Crippen molar-refractivity contribution in [3.05, 3.63) is 48.5 Å². The highest BCUT2D eigenvalue weighted by atomic mass is 16.2. The van der Waals surface area contributed by atoms with Gasteiger partial charge < -0.3 is 4.98 Å². The van der Waals surface area contributed by atoms with Crippen LogP contribution in [0.5, 0.6) is 0 Å². The predicted octanol–water partition coefficient (Wildman–Crippen LogP) is 1.49. The topological polar surface area (TPSA) is 87.1 Å². The number of hydrogen-bond donors (Lipinski definition) is 1. The molecule has 0 saturated carbocycles. The third kappa shape index (κ3) is 1.86. The minimum Gasteiger partial charge on any atom is -0.340 e. The third-order valence-corrected chi connectivity index (χ3v) is 3.29. The number of nitrogens with one attached hydrogen (secondary N) is 1. The molecule has 0 bridgehead atoms. The van der Waals surface area contributed by atoms with Crippen molar-refractivity contribution in [1.82, 2.24) is 19.9 Å². The smallest absolute Gasteiger partial charge is 0.255 e. The molecule has 0 radical (unpaired) electrons. The first kappa shape index (κ1) is 11.7. The minimum absolute atomic E-state index is 0.122. The van der Waals surface area contributed by atoms with Gasteiger partial charge in [0.25, 0.3) is 5.91 Å². The van der Waals surface area contributed by atoms with Crippen LogP contribution in [0.15, 0.2) is 48.1 Å². The van der Waals surface area contributed by atoms with E-state index < -0.39 is 0 Å². The number of imidazole rings is 1. The van der Waals surface area contributed by atoms with E-state index in [0.717, 1.165) is 11.3 Å². The Labute approximate surface area is 119 Å². The lowest BCUT2D eigenvalue weighted by atomic mass is 10.1. The molecule has 2 aromatic heterocycles. The van der Waals surface area contributed by atoms with Gasteiger partial charge in [0.05, 0.1) is 18.5 Å². The zero-order valence-electron chi connectivity index (χ0n) is 10.9. The van der Waals surface area contributed by atoms with E-state index in [-0.39, 0.29) is 12.3 Å². The molecule has 7 nitrogen and oxygen atoms in total. The van der Waals surface area contributed by atoms with E-state index in [1.807, 2.05) is 30.3 Å². The molecule has 21 heavy (non-hydrogen) atoms. The van der Waals surface area contributed by atoms with Crippen LogP contribution in [-0.2, 0) is 4.79 Å². The molecule has 0 spiro atoms. The van der Waals surface area contributed by atoms with Crippen molar-refractivity contribution >= 4 is 28.6 Å². The van der Waals surface area contributed by atoms with Crippen LogP contribution < -0.4 is 5.01 Å². The summed E-state index contributed by atoms with van der Waals surface area (Å²) in [5.74, 6) is 0.303. The van der Waals surface area contributed by atoms with Crippen LogP contribution in [0.2, 0.25) is 0 Å². The van der Waals surface area contributed by atoms with E-state index >= 15 is 0 Å². The van der Waals surface area contributed by atoms with Crippen LogP contribution in [0.3, 0.4) is 0 Å². The normalized spacial score (nSPS) is 14.8. The summed E-state index contributed by atoms with van der Waals surface area (Å²) in [6.07, 6.45) is 3.15. The van der Waals surface area contributed by atoms with E-state index in [2.05, 4.69) is 25.0 Å². The van der Waals surface area contributed by atoms with Crippen LogP contribution in [0.25, 0.3) is 11.2 Å². The van der Waals surface area contributed by atoms with E-state index in [1.165, 1.54) is 17.7 Å². The fraction of sp³-hybridized carbons (Fsp3) is 0.0714. The number of carbonyl (C=O) groups is 1. The molecule has 1 aromatic carbocycles. The number of aromatic nitrogens is 4. The Morgan fingerprint density at radius 3 is 2.81 bits per heavy atom. The van der Waals surface area contributed by atoms with Crippen molar-refractivity contribution in [3.8, 4) is 0 Å². The summed E-state index contributed by atoms with van der Waals surface area (Å²) in [6, 6.07) is 9.63. The largest absolute Gasteiger partial charge is 0.340 e. The fourth-order valence-corrected chi connectivity index (χ4v) is 2.30. The Morgan fingerprint density at radius 2 is 1.95 bits per heavy atom. The van der Waals surface area contributed by atoms with E-state index in [0.29, 0.717) is 17.0 Å². The van der Waals surface area contributed by atoms with Gasteiger partial charge in [0.15, 0.2) is 11.5 Å². The van der Waals surface area contributed by atoms with Crippen molar-refractivity contribution in [2.45, 2.75) is 6.42 Å². The number of carbonyl (C=O) groups excluding carboxylic acids is 1. The van der Waals surface area contributed by atoms with Crippen molar-refractivity contribution < 1.29 is 4.79 Å². The van der Waals surface area contributed by atoms with Gasteiger partial charge >= 0.3 is 0 Å². The van der Waals surface area contributed by atoms with E-state index in [9.17, 15) is 4.79 Å². The van der Waals surface area contributed by atoms with Gasteiger partial charge in [-0.25, -0.2) is 15.0 Å². The van der Waals surface area contributed by atoms with Gasteiger partial charge in [-0.15, -0.1) is 0 Å². The Hall–Kier alpha value is -3.09. The highest BCUT2D eigenvalue weighted by molar-refractivity contribution is 6.20. The fourth-order valence-electron chi connectivity index (χ4n) is 2.30. The Bertz CT molecular complexity index is 854. The van der Waals surface area contributed by atoms with Crippen molar-refractivity contribution in [2.24, 2.45) is 5.10 Å². The van der Waals surface area contributed by atoms with Gasteiger partial charge in [-0.05, 0) is 5.56 Å². The number of nitrogens with zero attached hydrogens (tertiary/aromatic N) is 5. The highest BCUT2D eigenvalue weighted by Crippen LogP contribution is 2.25. The number of anilines is 1. The molecule has 1 aliphatic heterocycles. The van der Waals surface area contributed by atoms with Crippen molar-refractivity contribution in [2.75, 3.05) is 5.01 Å². The summed E-state index contributed by atoms with van der Waals surface area (Å²) in [5, 5.41) is 5.71. The first-order chi connectivity index (χ1) is 10.3. The van der Waals surface area contributed by atoms with E-state index in [1.54, 1.807) is 0 Å². The molecule has 0 aliphatic carbocycles. The molecular formula is C14H10N6O. The molecule has 0 saturated heterocycles. The molecule has 3 heterocycles. The summed E-state index contributed by atoms with van der Waals surface area (Å²) in [5.41, 5.74) is 2.77. The molecule has 0 unspecified atom stereocenters. The molecule has 1 amide bonds. The summed E-state index contributed by atoms with van der Waals surface area (Å²) < 4.78 is 0. The zero-order valence-corrected chi connectivity index (χ0v) is 10.9. The second-order valence-electron chi connectivity index (χ2n) is 4.59. The predicted molar refractivity (Wildman–Crippen MR) is 76.8 cm³/mol. The molecule has 0 atom stereocenters. The van der Waals surface area contributed by atoms with Gasteiger partial charge in [-0.1, -0.05) is 30.3 Å². The van der Waals surface area contributed by atoms with Gasteiger partial charge in [-0.2, -0.15) is 10.1 Å². The average Bonchev–Trinajstić information content (AvgIpc) is 3.14. The standard InChI is InChI=1S/C14H10N6O/c21-11-6-10(9-4-2-1-3-5-9)19-20(11)14-12-13(16-7-15-12)17-8-18-14/h1-5,7-8H,6H2,(H,15,16,17,18). The molecular weight excluding hydrogens is 268 g/mol. The number of rotatable bonds is 2. The summed E-state index contributed by atoms with van der Waals surface area (Å²) in [6.45, 7) is 0. The molecule has 0 fully saturated rings. The molecule has 7 heteroatoms. The van der Waals surface area contributed by atoms with Crippen molar-refractivity contribution in [3.63, 3.8) is 0 Å². The van der Waals surface area contributed by atoms with Crippen molar-refractivity contribution in [1.29, 1.82) is 0 Å². The monoisotopic (exact) mass is 278 g/mol. The number of amides is 1. The van der Waals surface area contributed by atoms with Crippen LogP contribution in [-0.4, -0.2) is 31.6 Å². The van der Waals surface area contributed by atoms with Crippen LogP contribution in [0, 0.1) is 0 Å². The first-order valence-corrected chi connectivity index (χ1v) is 6.43. The second kappa shape index (κ2) is 4.48. The third-order valence-electron chi connectivity index (χ3n) is 3.29. The van der Waals surface area contributed by atoms with Crippen LogP contribution in [0.4, 0.5) is 5.82 Å². The Balaban J connectivity index is 1.80. The van der Waals surface area contributed by atoms with Crippen LogP contribution in [0.1, 0.15) is 12.0 Å². The molecule has 4 rings (SSSR count). The Morgan fingerprint density at radius 1 is 1.10 bits per heavy atom. The van der Waals surface area contributed by atoms with Gasteiger partial charge in [0.1, 0.15) is 11.8 Å². The van der Waals surface area contributed by atoms with Gasteiger partial charge in [-0.3, -0.25) is 4.79 Å². The second-order valence-corrected chi connectivity index (χ2v) is 4.59. The van der Waals surface area contributed by atoms with E-state index in [4.69, 9.17) is 0 Å². The Kier molecular flexibility index (Phi) is 2.50. The number of hydrazone groups is 1. The summed E-state index contributed by atoms with van der Waals surface area (Å²) >= 11 is 0. The quantitative estimate of drug-likeness (QED) is 0.769. The minimum atomic E-state index is -0.122. The lowest BCUT2D eigenvalue weighted by Gasteiger charge is -2.10. The zero-order chi connectivity index (χ0) is 14.2. The van der Waals surface area contributed by atoms with Gasteiger partial charge in [0, 0.05) is 0 Å². The molecule has 1 N–H and O–H groups in total. The lowest BCUT2D eigenvalue weighted by molar-refractivity contribution is -0.116.